The molecule has 2 nitrogen and oxygen atoms in total. The molecule has 0 heterocycles. The minimum absolute atomic E-state index is 0.495. The molecule has 2 aromatic carbocycles. The number of benzene rings is 2. The standard InChI is InChI=1S/C14H13F3N2S/c1-9-7-11(5-6-13(9)18)19-20-12-4-2-3-10(8-12)14(15,16)17/h2-8,19H,18H2,1H3. The number of nitrogens with one attached hydrogen (secondary N) is 1. The lowest BCUT2D eigenvalue weighted by atomic mass is 10.2. The number of rotatable bonds is 3. The van der Waals surface area contributed by atoms with E-state index < -0.39 is 11.7 Å². The molecule has 6 heteroatoms. The average molecular weight is 298 g/mol. The van der Waals surface area contributed by atoms with Crippen LogP contribution in [0.2, 0.25) is 0 Å². The fraction of sp³-hybridized carbons (Fsp3) is 0.143. The molecule has 0 amide bonds. The summed E-state index contributed by atoms with van der Waals surface area (Å²) in [5, 5.41) is 0. The van der Waals surface area contributed by atoms with Crippen molar-refractivity contribution in [3.8, 4) is 0 Å². The Morgan fingerprint density at radius 2 is 1.85 bits per heavy atom. The summed E-state index contributed by atoms with van der Waals surface area (Å²) >= 11 is 1.13. The van der Waals surface area contributed by atoms with Crippen LogP contribution in [-0.2, 0) is 6.18 Å². The molecular weight excluding hydrogens is 285 g/mol. The van der Waals surface area contributed by atoms with Crippen molar-refractivity contribution in [1.29, 1.82) is 0 Å². The van der Waals surface area contributed by atoms with Crippen molar-refractivity contribution in [2.75, 3.05) is 10.5 Å². The topological polar surface area (TPSA) is 38.0 Å². The van der Waals surface area contributed by atoms with Crippen LogP contribution in [0.5, 0.6) is 0 Å². The van der Waals surface area contributed by atoms with Crippen LogP contribution in [0.3, 0.4) is 0 Å². The Bertz CT molecular complexity index is 612. The summed E-state index contributed by atoms with van der Waals surface area (Å²) in [4.78, 5) is 0.495. The van der Waals surface area contributed by atoms with Crippen molar-refractivity contribution < 1.29 is 13.2 Å². The maximum atomic E-state index is 12.6. The van der Waals surface area contributed by atoms with Crippen LogP contribution < -0.4 is 10.5 Å². The maximum Gasteiger partial charge on any atom is 0.416 e. The smallest absolute Gasteiger partial charge is 0.399 e. The van der Waals surface area contributed by atoms with Gasteiger partial charge in [0.25, 0.3) is 0 Å². The van der Waals surface area contributed by atoms with E-state index in [0.717, 1.165) is 35.3 Å². The van der Waals surface area contributed by atoms with Gasteiger partial charge in [-0.15, -0.1) is 0 Å². The van der Waals surface area contributed by atoms with Crippen molar-refractivity contribution >= 4 is 23.3 Å². The van der Waals surface area contributed by atoms with E-state index in [1.165, 1.54) is 6.07 Å². The van der Waals surface area contributed by atoms with Crippen molar-refractivity contribution in [3.05, 3.63) is 53.6 Å². The highest BCUT2D eigenvalue weighted by Crippen LogP contribution is 2.32. The van der Waals surface area contributed by atoms with E-state index in [2.05, 4.69) is 4.72 Å². The van der Waals surface area contributed by atoms with Crippen molar-refractivity contribution in [2.45, 2.75) is 18.0 Å². The lowest BCUT2D eigenvalue weighted by Gasteiger charge is -2.10. The highest BCUT2D eigenvalue weighted by Gasteiger charge is 2.30. The van der Waals surface area contributed by atoms with Gasteiger partial charge in [0.1, 0.15) is 0 Å². The van der Waals surface area contributed by atoms with Gasteiger partial charge in [0.2, 0.25) is 0 Å². The van der Waals surface area contributed by atoms with Crippen LogP contribution in [0.15, 0.2) is 47.4 Å². The molecular formula is C14H13F3N2S. The summed E-state index contributed by atoms with van der Waals surface area (Å²) in [6.45, 7) is 1.87. The van der Waals surface area contributed by atoms with Gasteiger partial charge in [-0.05, 0) is 60.8 Å². The number of anilines is 2. The first-order valence-corrected chi connectivity index (χ1v) is 6.64. The normalized spacial score (nSPS) is 11.4. The van der Waals surface area contributed by atoms with Gasteiger partial charge >= 0.3 is 6.18 Å². The van der Waals surface area contributed by atoms with Crippen molar-refractivity contribution in [2.24, 2.45) is 0 Å². The third kappa shape index (κ3) is 3.60. The minimum Gasteiger partial charge on any atom is -0.399 e. The van der Waals surface area contributed by atoms with Gasteiger partial charge in [0, 0.05) is 16.3 Å². The zero-order chi connectivity index (χ0) is 14.8. The molecule has 0 fully saturated rings. The molecule has 0 bridgehead atoms. The van der Waals surface area contributed by atoms with E-state index in [1.54, 1.807) is 18.2 Å². The first-order valence-electron chi connectivity index (χ1n) is 5.82. The fourth-order valence-corrected chi connectivity index (χ4v) is 2.29. The summed E-state index contributed by atoms with van der Waals surface area (Å²) in [5.41, 5.74) is 7.44. The lowest BCUT2D eigenvalue weighted by molar-refractivity contribution is -0.137. The van der Waals surface area contributed by atoms with Crippen molar-refractivity contribution in [3.63, 3.8) is 0 Å². The molecule has 0 aromatic heterocycles. The van der Waals surface area contributed by atoms with Gasteiger partial charge in [-0.3, -0.25) is 0 Å². The van der Waals surface area contributed by atoms with Gasteiger partial charge in [0.05, 0.1) is 5.56 Å². The first kappa shape index (κ1) is 14.6. The van der Waals surface area contributed by atoms with Gasteiger partial charge in [0.15, 0.2) is 0 Å². The van der Waals surface area contributed by atoms with E-state index in [9.17, 15) is 13.2 Å². The number of nitrogen functional groups attached to an aromatic ring is 1. The predicted molar refractivity (Wildman–Crippen MR) is 76.5 cm³/mol. The number of aryl methyl sites for hydroxylation is 1. The Morgan fingerprint density at radius 3 is 2.50 bits per heavy atom. The number of halogens is 3. The Balaban J connectivity index is 2.09. The fourth-order valence-electron chi connectivity index (χ4n) is 1.59. The molecule has 0 atom stereocenters. The van der Waals surface area contributed by atoms with E-state index in [0.29, 0.717) is 10.6 Å². The quantitative estimate of drug-likeness (QED) is 0.636. The molecule has 20 heavy (non-hydrogen) atoms. The maximum absolute atomic E-state index is 12.6. The minimum atomic E-state index is -4.33. The number of hydrogen-bond donors (Lipinski definition) is 2. The van der Waals surface area contributed by atoms with Gasteiger partial charge < -0.3 is 10.5 Å². The molecule has 0 aliphatic heterocycles. The Hall–Kier alpha value is -1.82. The highest BCUT2D eigenvalue weighted by molar-refractivity contribution is 8.00. The zero-order valence-corrected chi connectivity index (χ0v) is 11.5. The Kier molecular flexibility index (Phi) is 4.13. The summed E-state index contributed by atoms with van der Waals surface area (Å²) in [5.74, 6) is 0. The summed E-state index contributed by atoms with van der Waals surface area (Å²) in [7, 11) is 0. The van der Waals surface area contributed by atoms with Crippen LogP contribution in [0, 0.1) is 6.92 Å². The second kappa shape index (κ2) is 5.66. The summed E-state index contributed by atoms with van der Waals surface area (Å²) in [6, 6.07) is 10.6. The number of alkyl halides is 3. The van der Waals surface area contributed by atoms with Crippen LogP contribution in [0.25, 0.3) is 0 Å². The van der Waals surface area contributed by atoms with Crippen LogP contribution in [0.4, 0.5) is 24.5 Å². The molecule has 0 aliphatic rings. The largest absolute Gasteiger partial charge is 0.416 e. The molecule has 0 saturated heterocycles. The molecule has 0 radical (unpaired) electrons. The second-order valence-corrected chi connectivity index (χ2v) is 5.18. The van der Waals surface area contributed by atoms with E-state index in [4.69, 9.17) is 5.73 Å². The molecule has 106 valence electrons. The summed E-state index contributed by atoms with van der Waals surface area (Å²) < 4.78 is 40.8. The average Bonchev–Trinajstić information content (AvgIpc) is 2.39. The van der Waals surface area contributed by atoms with Gasteiger partial charge in [-0.25, -0.2) is 0 Å². The zero-order valence-electron chi connectivity index (χ0n) is 10.7. The number of nitrogens with two attached hydrogens (primary N) is 1. The molecule has 3 N–H and O–H groups in total. The predicted octanol–water partition coefficient (Wildman–Crippen LogP) is 4.72. The Labute approximate surface area is 119 Å². The van der Waals surface area contributed by atoms with Crippen LogP contribution in [-0.4, -0.2) is 0 Å². The second-order valence-electron chi connectivity index (χ2n) is 4.30. The molecule has 0 spiro atoms. The molecule has 2 aromatic rings. The monoisotopic (exact) mass is 298 g/mol. The van der Waals surface area contributed by atoms with Crippen molar-refractivity contribution in [1.82, 2.24) is 0 Å². The van der Waals surface area contributed by atoms with E-state index in [1.807, 2.05) is 13.0 Å². The highest BCUT2D eigenvalue weighted by atomic mass is 32.2. The van der Waals surface area contributed by atoms with E-state index >= 15 is 0 Å². The van der Waals surface area contributed by atoms with Crippen LogP contribution >= 0.6 is 11.9 Å². The number of hydrogen-bond acceptors (Lipinski definition) is 3. The first-order chi connectivity index (χ1) is 9.36. The third-order valence-electron chi connectivity index (χ3n) is 2.72. The van der Waals surface area contributed by atoms with Crippen LogP contribution in [0.1, 0.15) is 11.1 Å². The molecule has 0 saturated carbocycles. The van der Waals surface area contributed by atoms with E-state index in [-0.39, 0.29) is 0 Å². The third-order valence-corrected chi connectivity index (χ3v) is 3.55. The Morgan fingerprint density at radius 1 is 1.10 bits per heavy atom. The molecule has 2 rings (SSSR count). The lowest BCUT2D eigenvalue weighted by Crippen LogP contribution is -2.04. The molecule has 0 unspecified atom stereocenters. The van der Waals surface area contributed by atoms with Gasteiger partial charge in [-0.1, -0.05) is 6.07 Å². The summed E-state index contributed by atoms with van der Waals surface area (Å²) in [6.07, 6.45) is -4.33. The molecule has 0 aliphatic carbocycles. The van der Waals surface area contributed by atoms with Gasteiger partial charge in [-0.2, -0.15) is 13.2 Å². The SMILES string of the molecule is Cc1cc(NSc2cccc(C(F)(F)F)c2)ccc1N.